The van der Waals surface area contributed by atoms with E-state index in [0.717, 1.165) is 23.0 Å². The normalized spacial score (nSPS) is 10.8. The summed E-state index contributed by atoms with van der Waals surface area (Å²) in [6, 6.07) is 22.5. The van der Waals surface area contributed by atoms with Crippen molar-refractivity contribution in [1.82, 2.24) is 15.0 Å². The van der Waals surface area contributed by atoms with Gasteiger partial charge in [0.2, 0.25) is 0 Å². The summed E-state index contributed by atoms with van der Waals surface area (Å²) in [6.45, 7) is 0. The Balaban J connectivity index is 1.69. The number of rotatable bonds is 3. The number of nitrogens with zero attached hydrogens (tertiary/aromatic N) is 3. The van der Waals surface area contributed by atoms with Gasteiger partial charge in [0.05, 0.1) is 5.52 Å². The molecule has 2 aromatic carbocycles. The molecule has 2 aromatic heterocycles. The van der Waals surface area contributed by atoms with Crippen LogP contribution >= 0.6 is 0 Å². The molecule has 23 heavy (non-hydrogen) atoms. The van der Waals surface area contributed by atoms with Gasteiger partial charge in [-0.1, -0.05) is 48.5 Å². The van der Waals surface area contributed by atoms with Crippen LogP contribution in [0.1, 0.15) is 11.1 Å². The molecule has 0 saturated heterocycles. The summed E-state index contributed by atoms with van der Waals surface area (Å²) < 4.78 is 0. The Morgan fingerprint density at radius 3 is 2.48 bits per heavy atom. The lowest BCUT2D eigenvalue weighted by Gasteiger charge is -2.05. The Labute approximate surface area is 134 Å². The first-order valence-electron chi connectivity index (χ1n) is 7.59. The summed E-state index contributed by atoms with van der Waals surface area (Å²) in [6.07, 6.45) is 4.55. The Kier molecular flexibility index (Phi) is 3.53. The second kappa shape index (κ2) is 5.97. The number of hydrogen-bond acceptors (Lipinski definition) is 3. The van der Waals surface area contributed by atoms with Crippen LogP contribution in [0.5, 0.6) is 0 Å². The summed E-state index contributed by atoms with van der Waals surface area (Å²) in [5, 5.41) is 1.04. The fraction of sp³-hybridized carbons (Fsp3) is 0.0500. The lowest BCUT2D eigenvalue weighted by molar-refractivity contribution is 1.13. The van der Waals surface area contributed by atoms with Crippen molar-refractivity contribution in [1.29, 1.82) is 0 Å². The summed E-state index contributed by atoms with van der Waals surface area (Å²) in [5.41, 5.74) is 4.24. The lowest BCUT2D eigenvalue weighted by Crippen LogP contribution is -1.95. The molecule has 4 rings (SSSR count). The minimum Gasteiger partial charge on any atom is -0.253 e. The number of para-hydroxylation sites is 1. The number of hydrogen-bond donors (Lipinski definition) is 0. The van der Waals surface area contributed by atoms with Crippen molar-refractivity contribution in [3.63, 3.8) is 0 Å². The molecule has 0 unspecified atom stereocenters. The number of fused-ring (bicyclic) bond motifs is 1. The minimum absolute atomic E-state index is 0.665. The average Bonchev–Trinajstić information content (AvgIpc) is 2.62. The quantitative estimate of drug-likeness (QED) is 0.566. The average molecular weight is 297 g/mol. The van der Waals surface area contributed by atoms with E-state index in [2.05, 4.69) is 45.3 Å². The summed E-state index contributed by atoms with van der Waals surface area (Å²) >= 11 is 0. The molecule has 4 aromatic rings. The predicted octanol–water partition coefficient (Wildman–Crippen LogP) is 4.28. The smallest absolute Gasteiger partial charge is 0.178 e. The molecule has 0 aliphatic heterocycles. The number of pyridine rings is 1. The minimum atomic E-state index is 0.665. The highest BCUT2D eigenvalue weighted by molar-refractivity contribution is 5.79. The molecule has 0 radical (unpaired) electrons. The highest BCUT2D eigenvalue weighted by Crippen LogP contribution is 2.18. The van der Waals surface area contributed by atoms with E-state index in [0.29, 0.717) is 5.82 Å². The standard InChI is InChI=1S/C20H15N3/c1-2-6-15(7-3-1)12-16-10-11-21-19(13-16)20-22-14-17-8-4-5-9-18(17)23-20/h1-11,13-14H,12H2. The van der Waals surface area contributed by atoms with Crippen molar-refractivity contribution in [2.75, 3.05) is 0 Å². The van der Waals surface area contributed by atoms with Gasteiger partial charge in [-0.25, -0.2) is 9.97 Å². The van der Waals surface area contributed by atoms with Crippen LogP contribution in [0.15, 0.2) is 79.1 Å². The van der Waals surface area contributed by atoms with Crippen LogP contribution in [0.3, 0.4) is 0 Å². The van der Waals surface area contributed by atoms with Crippen LogP contribution in [0.2, 0.25) is 0 Å². The third-order valence-corrected chi connectivity index (χ3v) is 3.79. The molecule has 0 saturated carbocycles. The Morgan fingerprint density at radius 2 is 1.57 bits per heavy atom. The highest BCUT2D eigenvalue weighted by Gasteiger charge is 2.06. The first-order valence-corrected chi connectivity index (χ1v) is 7.59. The Hall–Kier alpha value is -3.07. The highest BCUT2D eigenvalue weighted by atomic mass is 14.9. The first-order chi connectivity index (χ1) is 11.4. The zero-order valence-electron chi connectivity index (χ0n) is 12.6. The van der Waals surface area contributed by atoms with Gasteiger partial charge in [-0.05, 0) is 35.7 Å². The predicted molar refractivity (Wildman–Crippen MR) is 92.0 cm³/mol. The van der Waals surface area contributed by atoms with Gasteiger partial charge >= 0.3 is 0 Å². The molecule has 0 amide bonds. The Bertz CT molecular complexity index is 949. The molecule has 0 aliphatic carbocycles. The maximum Gasteiger partial charge on any atom is 0.178 e. The maximum absolute atomic E-state index is 4.62. The lowest BCUT2D eigenvalue weighted by atomic mass is 10.1. The van der Waals surface area contributed by atoms with Crippen LogP contribution < -0.4 is 0 Å². The van der Waals surface area contributed by atoms with Crippen LogP contribution in [0.25, 0.3) is 22.4 Å². The molecule has 3 nitrogen and oxygen atoms in total. The number of benzene rings is 2. The van der Waals surface area contributed by atoms with Gasteiger partial charge in [0.25, 0.3) is 0 Å². The van der Waals surface area contributed by atoms with E-state index in [1.165, 1.54) is 11.1 Å². The summed E-state index contributed by atoms with van der Waals surface area (Å²) in [4.78, 5) is 13.5. The van der Waals surface area contributed by atoms with E-state index >= 15 is 0 Å². The second-order valence-electron chi connectivity index (χ2n) is 5.46. The van der Waals surface area contributed by atoms with Crippen LogP contribution in [-0.4, -0.2) is 15.0 Å². The van der Waals surface area contributed by atoms with Gasteiger partial charge in [-0.15, -0.1) is 0 Å². The molecule has 0 fully saturated rings. The molecule has 3 heteroatoms. The fourth-order valence-electron chi connectivity index (χ4n) is 2.63. The van der Waals surface area contributed by atoms with Crippen molar-refractivity contribution >= 4 is 10.9 Å². The van der Waals surface area contributed by atoms with Crippen molar-refractivity contribution in [2.45, 2.75) is 6.42 Å². The van der Waals surface area contributed by atoms with Crippen molar-refractivity contribution in [3.8, 4) is 11.5 Å². The molecule has 0 bridgehead atoms. The monoisotopic (exact) mass is 297 g/mol. The van der Waals surface area contributed by atoms with E-state index < -0.39 is 0 Å². The van der Waals surface area contributed by atoms with Gasteiger partial charge in [0, 0.05) is 17.8 Å². The van der Waals surface area contributed by atoms with Gasteiger partial charge in [0.1, 0.15) is 5.69 Å². The van der Waals surface area contributed by atoms with Crippen molar-refractivity contribution < 1.29 is 0 Å². The van der Waals surface area contributed by atoms with Crippen LogP contribution in [0, 0.1) is 0 Å². The fourth-order valence-corrected chi connectivity index (χ4v) is 2.63. The summed E-state index contributed by atoms with van der Waals surface area (Å²) in [5.74, 6) is 0.665. The van der Waals surface area contributed by atoms with Gasteiger partial charge < -0.3 is 0 Å². The van der Waals surface area contributed by atoms with Crippen LogP contribution in [-0.2, 0) is 6.42 Å². The largest absolute Gasteiger partial charge is 0.253 e. The molecule has 0 atom stereocenters. The Morgan fingerprint density at radius 1 is 0.739 bits per heavy atom. The van der Waals surface area contributed by atoms with E-state index in [4.69, 9.17) is 0 Å². The molecule has 0 N–H and O–H groups in total. The molecule has 2 heterocycles. The van der Waals surface area contributed by atoms with Gasteiger partial charge in [-0.3, -0.25) is 4.98 Å². The van der Waals surface area contributed by atoms with E-state index in [-0.39, 0.29) is 0 Å². The number of aromatic nitrogens is 3. The zero-order chi connectivity index (χ0) is 15.5. The molecule has 0 aliphatic rings. The van der Waals surface area contributed by atoms with E-state index in [1.807, 2.05) is 48.8 Å². The third-order valence-electron chi connectivity index (χ3n) is 3.79. The van der Waals surface area contributed by atoms with Crippen molar-refractivity contribution in [2.24, 2.45) is 0 Å². The molecule has 0 spiro atoms. The zero-order valence-corrected chi connectivity index (χ0v) is 12.6. The van der Waals surface area contributed by atoms with E-state index in [9.17, 15) is 0 Å². The van der Waals surface area contributed by atoms with E-state index in [1.54, 1.807) is 0 Å². The SMILES string of the molecule is c1ccc(Cc2ccnc(-c3ncc4ccccc4n3)c2)cc1. The van der Waals surface area contributed by atoms with Gasteiger partial charge in [-0.2, -0.15) is 0 Å². The maximum atomic E-state index is 4.62. The van der Waals surface area contributed by atoms with Gasteiger partial charge in [0.15, 0.2) is 5.82 Å². The first kappa shape index (κ1) is 13.6. The molecular weight excluding hydrogens is 282 g/mol. The second-order valence-corrected chi connectivity index (χ2v) is 5.46. The third kappa shape index (κ3) is 2.94. The van der Waals surface area contributed by atoms with Crippen molar-refractivity contribution in [3.05, 3.63) is 90.3 Å². The molecular formula is C20H15N3. The molecule has 110 valence electrons. The summed E-state index contributed by atoms with van der Waals surface area (Å²) in [7, 11) is 0. The van der Waals surface area contributed by atoms with Crippen LogP contribution in [0.4, 0.5) is 0 Å². The topological polar surface area (TPSA) is 38.7 Å².